The summed E-state index contributed by atoms with van der Waals surface area (Å²) in [7, 11) is 0. The molecule has 1 aliphatic heterocycles. The lowest BCUT2D eigenvalue weighted by Gasteiger charge is -2.39. The lowest BCUT2D eigenvalue weighted by molar-refractivity contribution is 0.0298. The Bertz CT molecular complexity index is 308. The van der Waals surface area contributed by atoms with Crippen molar-refractivity contribution in [3.05, 3.63) is 23.9 Å². The molecule has 0 aromatic carbocycles. The van der Waals surface area contributed by atoms with Crippen molar-refractivity contribution >= 4 is 0 Å². The van der Waals surface area contributed by atoms with Crippen LogP contribution in [0.25, 0.3) is 0 Å². The Morgan fingerprint density at radius 1 is 1.54 bits per heavy atom. The molecule has 3 heteroatoms. The van der Waals surface area contributed by atoms with Crippen LogP contribution < -0.4 is 10.1 Å². The summed E-state index contributed by atoms with van der Waals surface area (Å²) < 4.78 is 5.79. The molecule has 1 aromatic heterocycles. The third kappa shape index (κ3) is 1.65. The molecule has 0 unspecified atom stereocenters. The van der Waals surface area contributed by atoms with Crippen molar-refractivity contribution in [2.75, 3.05) is 13.1 Å². The second-order valence-corrected chi connectivity index (χ2v) is 3.78. The molecule has 0 spiro atoms. The standard InChI is InChI=1S/C10H14N2O/c1-8-4-3-5-12-9(8)13-10(2)6-11-7-10/h3-5,11H,6-7H2,1-2H3. The van der Waals surface area contributed by atoms with E-state index < -0.39 is 0 Å². The SMILES string of the molecule is Cc1cccnc1OC1(C)CNC1. The minimum atomic E-state index is -0.0564. The van der Waals surface area contributed by atoms with Crippen LogP contribution in [-0.2, 0) is 0 Å². The van der Waals surface area contributed by atoms with Crippen LogP contribution in [0.1, 0.15) is 12.5 Å². The van der Waals surface area contributed by atoms with E-state index in [4.69, 9.17) is 4.74 Å². The van der Waals surface area contributed by atoms with Crippen LogP contribution >= 0.6 is 0 Å². The van der Waals surface area contributed by atoms with Gasteiger partial charge in [-0.3, -0.25) is 0 Å². The van der Waals surface area contributed by atoms with Gasteiger partial charge in [0.15, 0.2) is 0 Å². The van der Waals surface area contributed by atoms with E-state index in [0.717, 1.165) is 24.5 Å². The van der Waals surface area contributed by atoms with Gasteiger partial charge in [0.1, 0.15) is 5.60 Å². The van der Waals surface area contributed by atoms with E-state index in [2.05, 4.69) is 17.2 Å². The molecule has 1 aliphatic rings. The third-order valence-electron chi connectivity index (χ3n) is 2.30. The fraction of sp³-hybridized carbons (Fsp3) is 0.500. The van der Waals surface area contributed by atoms with Crippen molar-refractivity contribution in [2.24, 2.45) is 0 Å². The summed E-state index contributed by atoms with van der Waals surface area (Å²) in [4.78, 5) is 4.20. The molecule has 0 aliphatic carbocycles. The van der Waals surface area contributed by atoms with Gasteiger partial charge in [-0.2, -0.15) is 0 Å². The molecule has 1 N–H and O–H groups in total. The fourth-order valence-corrected chi connectivity index (χ4v) is 1.36. The second kappa shape index (κ2) is 3.00. The maximum atomic E-state index is 5.79. The highest BCUT2D eigenvalue weighted by Gasteiger charge is 2.34. The Hall–Kier alpha value is -1.09. The van der Waals surface area contributed by atoms with Crippen LogP contribution in [0.15, 0.2) is 18.3 Å². The van der Waals surface area contributed by atoms with Gasteiger partial charge < -0.3 is 10.1 Å². The highest BCUT2D eigenvalue weighted by Crippen LogP contribution is 2.22. The van der Waals surface area contributed by atoms with Gasteiger partial charge in [0, 0.05) is 24.8 Å². The zero-order valence-electron chi connectivity index (χ0n) is 8.00. The minimum absolute atomic E-state index is 0.0564. The first-order valence-corrected chi connectivity index (χ1v) is 4.51. The molecule has 0 bridgehead atoms. The molecule has 1 aromatic rings. The molecule has 0 saturated carbocycles. The van der Waals surface area contributed by atoms with Crippen LogP contribution in [-0.4, -0.2) is 23.7 Å². The summed E-state index contributed by atoms with van der Waals surface area (Å²) in [6, 6.07) is 3.93. The third-order valence-corrected chi connectivity index (χ3v) is 2.30. The van der Waals surface area contributed by atoms with Gasteiger partial charge in [0.2, 0.25) is 5.88 Å². The maximum Gasteiger partial charge on any atom is 0.216 e. The summed E-state index contributed by atoms with van der Waals surface area (Å²) in [5.74, 6) is 0.756. The van der Waals surface area contributed by atoms with Crippen molar-refractivity contribution in [2.45, 2.75) is 19.4 Å². The number of nitrogens with one attached hydrogen (secondary N) is 1. The Balaban J connectivity index is 2.13. The first-order valence-electron chi connectivity index (χ1n) is 4.51. The highest BCUT2D eigenvalue weighted by molar-refractivity contribution is 5.24. The monoisotopic (exact) mass is 178 g/mol. The lowest BCUT2D eigenvalue weighted by Crippen LogP contribution is -2.61. The van der Waals surface area contributed by atoms with Crippen LogP contribution in [0.2, 0.25) is 0 Å². The fourth-order valence-electron chi connectivity index (χ4n) is 1.36. The number of ether oxygens (including phenoxy) is 1. The van der Waals surface area contributed by atoms with Gasteiger partial charge in [-0.1, -0.05) is 6.07 Å². The predicted octanol–water partition coefficient (Wildman–Crippen LogP) is 1.13. The van der Waals surface area contributed by atoms with Crippen molar-refractivity contribution in [1.29, 1.82) is 0 Å². The molecule has 70 valence electrons. The zero-order valence-corrected chi connectivity index (χ0v) is 8.00. The van der Waals surface area contributed by atoms with Gasteiger partial charge in [-0.05, 0) is 19.9 Å². The Kier molecular flexibility index (Phi) is 1.96. The molecule has 0 atom stereocenters. The molecular weight excluding hydrogens is 164 g/mol. The number of aromatic nitrogens is 1. The topological polar surface area (TPSA) is 34.1 Å². The van der Waals surface area contributed by atoms with Crippen molar-refractivity contribution in [3.8, 4) is 5.88 Å². The van der Waals surface area contributed by atoms with E-state index in [1.54, 1.807) is 6.20 Å². The molecule has 0 radical (unpaired) electrons. The summed E-state index contributed by atoms with van der Waals surface area (Å²) in [5.41, 5.74) is 1.04. The largest absolute Gasteiger partial charge is 0.468 e. The Morgan fingerprint density at radius 2 is 2.31 bits per heavy atom. The number of aryl methyl sites for hydroxylation is 1. The molecule has 13 heavy (non-hydrogen) atoms. The lowest BCUT2D eigenvalue weighted by atomic mass is 10.0. The summed E-state index contributed by atoms with van der Waals surface area (Å²) in [6.45, 7) is 5.92. The van der Waals surface area contributed by atoms with Crippen LogP contribution in [0.4, 0.5) is 0 Å². The van der Waals surface area contributed by atoms with Gasteiger partial charge in [0.25, 0.3) is 0 Å². The van der Waals surface area contributed by atoms with Gasteiger partial charge in [-0.15, -0.1) is 0 Å². The van der Waals surface area contributed by atoms with Crippen molar-refractivity contribution in [1.82, 2.24) is 10.3 Å². The van der Waals surface area contributed by atoms with Crippen molar-refractivity contribution < 1.29 is 4.74 Å². The zero-order chi connectivity index (χ0) is 9.31. The minimum Gasteiger partial charge on any atom is -0.468 e. The van der Waals surface area contributed by atoms with Crippen LogP contribution in [0.5, 0.6) is 5.88 Å². The molecule has 3 nitrogen and oxygen atoms in total. The molecule has 2 rings (SSSR count). The molecular formula is C10H14N2O. The number of pyridine rings is 1. The van der Waals surface area contributed by atoms with Crippen LogP contribution in [0.3, 0.4) is 0 Å². The molecule has 2 heterocycles. The molecule has 0 amide bonds. The summed E-state index contributed by atoms with van der Waals surface area (Å²) in [6.07, 6.45) is 1.76. The van der Waals surface area contributed by atoms with E-state index in [1.165, 1.54) is 0 Å². The van der Waals surface area contributed by atoms with Gasteiger partial charge >= 0.3 is 0 Å². The Morgan fingerprint density at radius 3 is 2.85 bits per heavy atom. The highest BCUT2D eigenvalue weighted by atomic mass is 16.5. The normalized spacial score (nSPS) is 19.2. The second-order valence-electron chi connectivity index (χ2n) is 3.78. The maximum absolute atomic E-state index is 5.79. The summed E-state index contributed by atoms with van der Waals surface area (Å²) >= 11 is 0. The number of rotatable bonds is 2. The summed E-state index contributed by atoms with van der Waals surface area (Å²) in [5, 5.41) is 3.19. The van der Waals surface area contributed by atoms with E-state index in [1.807, 2.05) is 19.1 Å². The van der Waals surface area contributed by atoms with E-state index in [0.29, 0.717) is 0 Å². The van der Waals surface area contributed by atoms with E-state index >= 15 is 0 Å². The first-order chi connectivity index (χ1) is 6.20. The van der Waals surface area contributed by atoms with Gasteiger partial charge in [0.05, 0.1) is 0 Å². The van der Waals surface area contributed by atoms with Crippen LogP contribution in [0, 0.1) is 6.92 Å². The van der Waals surface area contributed by atoms with E-state index in [9.17, 15) is 0 Å². The Labute approximate surface area is 78.1 Å². The number of nitrogens with zero attached hydrogens (tertiary/aromatic N) is 1. The number of hydrogen-bond acceptors (Lipinski definition) is 3. The average molecular weight is 178 g/mol. The molecule has 1 saturated heterocycles. The predicted molar refractivity (Wildman–Crippen MR) is 50.9 cm³/mol. The van der Waals surface area contributed by atoms with Gasteiger partial charge in [-0.25, -0.2) is 4.98 Å². The average Bonchev–Trinajstić information content (AvgIpc) is 2.06. The number of hydrogen-bond donors (Lipinski definition) is 1. The smallest absolute Gasteiger partial charge is 0.216 e. The van der Waals surface area contributed by atoms with E-state index in [-0.39, 0.29) is 5.60 Å². The quantitative estimate of drug-likeness (QED) is 0.737. The molecule has 1 fully saturated rings. The van der Waals surface area contributed by atoms with Crippen molar-refractivity contribution in [3.63, 3.8) is 0 Å². The first kappa shape index (κ1) is 8.51.